The smallest absolute Gasteiger partial charge is 0 e. The van der Waals surface area contributed by atoms with Crippen LogP contribution in [-0.4, -0.2) is 0 Å². The Hall–Kier alpha value is 2.01. The second-order valence-corrected chi connectivity index (χ2v) is 0. The summed E-state index contributed by atoms with van der Waals surface area (Å²) in [7, 11) is 0. The van der Waals surface area contributed by atoms with Crippen LogP contribution >= 0.6 is 0 Å². The van der Waals surface area contributed by atoms with E-state index in [0.717, 1.165) is 0 Å². The van der Waals surface area contributed by atoms with Crippen LogP contribution in [0.1, 0.15) is 0 Å². The van der Waals surface area contributed by atoms with E-state index < -0.39 is 0 Å². The Labute approximate surface area is 98.0 Å². The molecule has 0 aromatic carbocycles. The van der Waals surface area contributed by atoms with Crippen LogP contribution in [0.5, 0.6) is 0 Å². The molecule has 2 radical (unpaired) electrons. The molecule has 66 valence electrons. The Morgan fingerprint density at radius 1 is 0.333 bits per heavy atom. The molecule has 0 aliphatic rings. The maximum atomic E-state index is 0. The third-order valence-corrected chi connectivity index (χ3v) is 0. The molecule has 0 unspecified atom stereocenters. The molecule has 0 spiro atoms. The van der Waals surface area contributed by atoms with Gasteiger partial charge in [-0.1, -0.05) is 0 Å². The van der Waals surface area contributed by atoms with Gasteiger partial charge in [0.15, 0.2) is 0 Å². The molecular weight excluding hydrogens is 294 g/mol. The van der Waals surface area contributed by atoms with Gasteiger partial charge in [-0.15, -0.1) is 0 Å². The van der Waals surface area contributed by atoms with E-state index in [1.165, 1.54) is 0 Å². The zero-order chi connectivity index (χ0) is 0. The normalized spacial score (nSPS) is 0. The minimum Gasteiger partial charge on any atom is -2.00 e. The molecule has 0 atom stereocenters. The standard InChI is InChI=1S/2Fe.5O.2V/q;;5*-2;;. The van der Waals surface area contributed by atoms with Crippen molar-refractivity contribution in [1.82, 2.24) is 0 Å². The van der Waals surface area contributed by atoms with Crippen LogP contribution in [0.4, 0.5) is 0 Å². The van der Waals surface area contributed by atoms with Gasteiger partial charge in [0.05, 0.1) is 0 Å². The molecule has 0 bridgehead atoms. The summed E-state index contributed by atoms with van der Waals surface area (Å²) in [5, 5.41) is 0. The fraction of sp³-hybridized carbons (Fsp3) is 0. The quantitative estimate of drug-likeness (QED) is 0.525. The van der Waals surface area contributed by atoms with Crippen LogP contribution in [0.2, 0.25) is 0 Å². The van der Waals surface area contributed by atoms with Gasteiger partial charge in [-0.25, -0.2) is 0 Å². The zero-order valence-electron chi connectivity index (χ0n) is 3.64. The summed E-state index contributed by atoms with van der Waals surface area (Å²) in [5.74, 6) is 0. The van der Waals surface area contributed by atoms with E-state index in [9.17, 15) is 0 Å². The van der Waals surface area contributed by atoms with E-state index in [2.05, 4.69) is 0 Å². The third kappa shape index (κ3) is 159. The Kier molecular flexibility index (Phi) is 6120. The van der Waals surface area contributed by atoms with Gasteiger partial charge in [-0.3, -0.25) is 0 Å². The van der Waals surface area contributed by atoms with Crippen molar-refractivity contribution < 1.29 is 98.6 Å². The molecule has 0 aromatic heterocycles. The van der Waals surface area contributed by atoms with Crippen molar-refractivity contribution in [3.8, 4) is 0 Å². The van der Waals surface area contributed by atoms with E-state index in [4.69, 9.17) is 0 Å². The molecule has 9 heavy (non-hydrogen) atoms. The Morgan fingerprint density at radius 2 is 0.333 bits per heavy atom. The topological polar surface area (TPSA) is 142 Å². The summed E-state index contributed by atoms with van der Waals surface area (Å²) < 4.78 is 0. The van der Waals surface area contributed by atoms with Crippen molar-refractivity contribution in [1.29, 1.82) is 0 Å². The van der Waals surface area contributed by atoms with Gasteiger partial charge in [-0.05, 0) is 0 Å². The monoisotopic (exact) mass is 294 g/mol. The molecule has 0 amide bonds. The van der Waals surface area contributed by atoms with E-state index in [1.54, 1.807) is 0 Å². The first-order valence-electron chi connectivity index (χ1n) is 0. The number of hydrogen-bond acceptors (Lipinski definition) is 0. The van der Waals surface area contributed by atoms with Gasteiger partial charge in [0.1, 0.15) is 0 Å². The van der Waals surface area contributed by atoms with Crippen LogP contribution in [-0.2, 0) is 98.6 Å². The predicted octanol–water partition coefficient (Wildman–Crippen LogP) is -0.604. The number of hydrogen-bond donors (Lipinski definition) is 0. The average Bonchev–Trinajstić information content (AvgIpc) is 0. The average molecular weight is 294 g/mol. The van der Waals surface area contributed by atoms with Gasteiger partial charge in [0, 0.05) is 71.2 Å². The van der Waals surface area contributed by atoms with Crippen LogP contribution in [0.25, 0.3) is 0 Å². The third-order valence-electron chi connectivity index (χ3n) is 0. The fourth-order valence-corrected chi connectivity index (χ4v) is 0. The van der Waals surface area contributed by atoms with E-state index in [1.807, 2.05) is 0 Å². The van der Waals surface area contributed by atoms with Crippen molar-refractivity contribution in [2.75, 3.05) is 0 Å². The molecule has 0 heterocycles. The maximum Gasteiger partial charge on any atom is 0 e. The molecule has 0 rings (SSSR count). The van der Waals surface area contributed by atoms with Crippen LogP contribution in [0.3, 0.4) is 0 Å². The molecule has 0 N–H and O–H groups in total. The molecule has 0 aliphatic heterocycles. The summed E-state index contributed by atoms with van der Waals surface area (Å²) in [6.45, 7) is 0. The summed E-state index contributed by atoms with van der Waals surface area (Å²) in [6, 6.07) is 0. The Bertz CT molecular complexity index is 12.9. The molecule has 0 fully saturated rings. The van der Waals surface area contributed by atoms with Gasteiger partial charge in [0.25, 0.3) is 0 Å². The Morgan fingerprint density at radius 3 is 0.333 bits per heavy atom. The molecule has 0 saturated carbocycles. The van der Waals surface area contributed by atoms with E-state index in [0.29, 0.717) is 0 Å². The first kappa shape index (κ1) is 273. The van der Waals surface area contributed by atoms with Crippen LogP contribution in [0, 0.1) is 0 Å². The van der Waals surface area contributed by atoms with Crippen molar-refractivity contribution in [3.63, 3.8) is 0 Å². The molecule has 9 heteroatoms. The predicted molar refractivity (Wildman–Crippen MR) is 3.43 cm³/mol. The SMILES string of the molecule is [Fe].[Fe].[O-2].[O-2].[O-2].[O-2].[O-2].[V].[V]. The molecule has 5 nitrogen and oxygen atoms in total. The van der Waals surface area contributed by atoms with Crippen molar-refractivity contribution in [3.05, 3.63) is 0 Å². The minimum absolute atomic E-state index is 0. The van der Waals surface area contributed by atoms with Crippen LogP contribution in [0.15, 0.2) is 0 Å². The molecule has 0 aromatic rings. The minimum atomic E-state index is 0. The zero-order valence-corrected chi connectivity index (χ0v) is 8.64. The first-order chi connectivity index (χ1) is 0. The van der Waals surface area contributed by atoms with Crippen LogP contribution < -0.4 is 0 Å². The molecule has 0 saturated heterocycles. The summed E-state index contributed by atoms with van der Waals surface area (Å²) >= 11 is 0. The van der Waals surface area contributed by atoms with Gasteiger partial charge in [-0.2, -0.15) is 0 Å². The summed E-state index contributed by atoms with van der Waals surface area (Å²) in [6.07, 6.45) is 0. The largest absolute Gasteiger partial charge is 2.00 e. The Balaban J connectivity index is 0. The van der Waals surface area contributed by atoms with Gasteiger partial charge >= 0.3 is 0 Å². The van der Waals surface area contributed by atoms with E-state index in [-0.39, 0.29) is 98.6 Å². The molecular formula is Fe2O5V2-10. The first-order valence-corrected chi connectivity index (χ1v) is 0. The summed E-state index contributed by atoms with van der Waals surface area (Å²) in [4.78, 5) is 0. The van der Waals surface area contributed by atoms with Crippen molar-refractivity contribution in [2.24, 2.45) is 0 Å². The van der Waals surface area contributed by atoms with Crippen molar-refractivity contribution >= 4 is 0 Å². The van der Waals surface area contributed by atoms with Gasteiger partial charge in [0.2, 0.25) is 0 Å². The maximum absolute atomic E-state index is 0. The van der Waals surface area contributed by atoms with Crippen molar-refractivity contribution in [2.45, 2.75) is 0 Å². The number of rotatable bonds is 0. The summed E-state index contributed by atoms with van der Waals surface area (Å²) in [5.41, 5.74) is 0. The van der Waals surface area contributed by atoms with Gasteiger partial charge < -0.3 is 27.4 Å². The molecule has 0 aliphatic carbocycles. The fourth-order valence-electron chi connectivity index (χ4n) is 0. The second-order valence-electron chi connectivity index (χ2n) is 0. The van der Waals surface area contributed by atoms with E-state index >= 15 is 0 Å². The second kappa shape index (κ2) is 201.